The summed E-state index contributed by atoms with van der Waals surface area (Å²) in [5.41, 5.74) is 1.22. The second kappa shape index (κ2) is 14.2. The van der Waals surface area contributed by atoms with Gasteiger partial charge in [0.05, 0.1) is 11.5 Å². The Morgan fingerprint density at radius 2 is 1.64 bits per heavy atom. The third-order valence-electron chi connectivity index (χ3n) is 4.98. The number of amides is 3. The third kappa shape index (κ3) is 10.3. The highest BCUT2D eigenvalue weighted by Crippen LogP contribution is 2.18. The molecule has 2 aromatic rings. The summed E-state index contributed by atoms with van der Waals surface area (Å²) in [7, 11) is 0. The van der Waals surface area contributed by atoms with Crippen molar-refractivity contribution >= 4 is 35.1 Å². The second-order valence-corrected chi connectivity index (χ2v) is 8.50. The van der Waals surface area contributed by atoms with E-state index >= 15 is 0 Å². The van der Waals surface area contributed by atoms with Crippen molar-refractivity contribution in [3.8, 4) is 0 Å². The van der Waals surface area contributed by atoms with Gasteiger partial charge >= 0.3 is 6.09 Å². The molecule has 2 rings (SSSR count). The van der Waals surface area contributed by atoms with Gasteiger partial charge in [-0.15, -0.1) is 0 Å². The Morgan fingerprint density at radius 3 is 2.25 bits per heavy atom. The van der Waals surface area contributed by atoms with E-state index in [1.54, 1.807) is 12.1 Å². The van der Waals surface area contributed by atoms with Gasteiger partial charge in [0.25, 0.3) is 5.69 Å². The first-order chi connectivity index (χ1) is 17.1. The number of rotatable bonds is 13. The molecule has 0 fully saturated rings. The minimum Gasteiger partial charge on any atom is -0.445 e. The maximum atomic E-state index is 12.7. The van der Waals surface area contributed by atoms with Crippen molar-refractivity contribution in [2.24, 2.45) is 5.92 Å². The second-order valence-electron chi connectivity index (χ2n) is 8.50. The number of ether oxygens (including phenoxy) is 1. The Bertz CT molecular complexity index is 1060. The molecule has 0 aliphatic rings. The summed E-state index contributed by atoms with van der Waals surface area (Å²) in [5.74, 6) is -1.46. The van der Waals surface area contributed by atoms with Gasteiger partial charge in [0.15, 0.2) is 5.78 Å². The van der Waals surface area contributed by atoms with Crippen LogP contribution in [-0.4, -0.2) is 41.2 Å². The number of carbonyl (C=O) groups is 4. The number of anilines is 1. The summed E-state index contributed by atoms with van der Waals surface area (Å²) in [6.45, 7) is 3.59. The fourth-order valence-corrected chi connectivity index (χ4v) is 3.16. The van der Waals surface area contributed by atoms with Gasteiger partial charge in [-0.2, -0.15) is 0 Å². The van der Waals surface area contributed by atoms with Crippen LogP contribution < -0.4 is 16.0 Å². The molecule has 0 bridgehead atoms. The highest BCUT2D eigenvalue weighted by atomic mass is 16.6. The van der Waals surface area contributed by atoms with Gasteiger partial charge in [0.1, 0.15) is 12.6 Å². The minimum atomic E-state index is -0.757. The number of nitrogens with zero attached hydrogens (tertiary/aromatic N) is 1. The van der Waals surface area contributed by atoms with Crippen LogP contribution >= 0.6 is 0 Å². The summed E-state index contributed by atoms with van der Waals surface area (Å²) in [4.78, 5) is 58.9. The number of ketones is 1. The fourth-order valence-electron chi connectivity index (χ4n) is 3.16. The van der Waals surface area contributed by atoms with Crippen LogP contribution in [0.4, 0.5) is 16.2 Å². The average molecular weight is 499 g/mol. The van der Waals surface area contributed by atoms with Gasteiger partial charge in [-0.25, -0.2) is 4.79 Å². The van der Waals surface area contributed by atoms with Crippen LogP contribution in [-0.2, 0) is 25.7 Å². The number of alkyl carbamates (subject to hydrolysis) is 1. The SMILES string of the molecule is CC(C)C[C@H](Nc1ccc([N+](=O)[O-])cc1)C(=O)NC(=O)CCC(=O)CNC(=O)OCc1ccccc1. The van der Waals surface area contributed by atoms with Crippen LogP contribution in [0.15, 0.2) is 54.6 Å². The molecular formula is C25H30N4O7. The summed E-state index contributed by atoms with van der Waals surface area (Å²) in [5, 5.41) is 18.4. The summed E-state index contributed by atoms with van der Waals surface area (Å²) in [6, 6.07) is 13.9. The van der Waals surface area contributed by atoms with E-state index in [0.29, 0.717) is 12.1 Å². The van der Waals surface area contributed by atoms with E-state index in [9.17, 15) is 29.3 Å². The van der Waals surface area contributed by atoms with Gasteiger partial charge in [-0.05, 0) is 30.0 Å². The molecule has 3 amide bonds. The number of nitro groups is 1. The number of carbonyl (C=O) groups excluding carboxylic acids is 4. The van der Waals surface area contributed by atoms with Crippen LogP contribution in [0.3, 0.4) is 0 Å². The van der Waals surface area contributed by atoms with Gasteiger partial charge < -0.3 is 15.4 Å². The van der Waals surface area contributed by atoms with Gasteiger partial charge in [-0.3, -0.25) is 29.8 Å². The van der Waals surface area contributed by atoms with Crippen LogP contribution in [0.1, 0.15) is 38.7 Å². The Labute approximate surface area is 208 Å². The van der Waals surface area contributed by atoms with Crippen LogP contribution in [0, 0.1) is 16.0 Å². The van der Waals surface area contributed by atoms with Crippen molar-refractivity contribution in [1.82, 2.24) is 10.6 Å². The van der Waals surface area contributed by atoms with Crippen LogP contribution in [0.25, 0.3) is 0 Å². The number of non-ortho nitro benzene ring substituents is 1. The van der Waals surface area contributed by atoms with Crippen molar-refractivity contribution in [2.45, 2.75) is 45.8 Å². The summed E-state index contributed by atoms with van der Waals surface area (Å²) >= 11 is 0. The van der Waals surface area contributed by atoms with E-state index in [0.717, 1.165) is 5.56 Å². The van der Waals surface area contributed by atoms with Crippen molar-refractivity contribution in [1.29, 1.82) is 0 Å². The lowest BCUT2D eigenvalue weighted by Crippen LogP contribution is -2.43. The lowest BCUT2D eigenvalue weighted by atomic mass is 10.0. The molecule has 1 atom stereocenters. The molecule has 0 spiro atoms. The Kier molecular flexibility index (Phi) is 11.0. The molecule has 11 heteroatoms. The molecule has 0 aliphatic carbocycles. The smallest absolute Gasteiger partial charge is 0.407 e. The topological polar surface area (TPSA) is 157 Å². The number of hydrogen-bond acceptors (Lipinski definition) is 8. The van der Waals surface area contributed by atoms with Crippen molar-refractivity contribution in [3.63, 3.8) is 0 Å². The highest BCUT2D eigenvalue weighted by Gasteiger charge is 2.22. The zero-order chi connectivity index (χ0) is 26.5. The first-order valence-corrected chi connectivity index (χ1v) is 11.4. The number of nitrogens with one attached hydrogen (secondary N) is 3. The van der Waals surface area contributed by atoms with E-state index in [-0.39, 0.29) is 37.6 Å². The molecule has 0 heterocycles. The lowest BCUT2D eigenvalue weighted by molar-refractivity contribution is -0.384. The van der Waals surface area contributed by atoms with Gasteiger partial charge in [-0.1, -0.05) is 44.2 Å². The van der Waals surface area contributed by atoms with E-state index in [1.165, 1.54) is 24.3 Å². The predicted molar refractivity (Wildman–Crippen MR) is 132 cm³/mol. The van der Waals surface area contributed by atoms with Gasteiger partial charge in [0.2, 0.25) is 11.8 Å². The molecule has 0 saturated heterocycles. The Balaban J connectivity index is 1.76. The zero-order valence-electron chi connectivity index (χ0n) is 20.2. The molecule has 3 N–H and O–H groups in total. The quantitative estimate of drug-likeness (QED) is 0.280. The molecule has 0 radical (unpaired) electrons. The lowest BCUT2D eigenvalue weighted by Gasteiger charge is -2.20. The van der Waals surface area contributed by atoms with Gasteiger partial charge in [0, 0.05) is 30.7 Å². The molecule has 0 unspecified atom stereocenters. The number of benzene rings is 2. The van der Waals surface area contributed by atoms with E-state index in [2.05, 4.69) is 16.0 Å². The normalized spacial score (nSPS) is 11.3. The average Bonchev–Trinajstić information content (AvgIpc) is 2.85. The molecular weight excluding hydrogens is 468 g/mol. The van der Waals surface area contributed by atoms with Crippen LogP contribution in [0.2, 0.25) is 0 Å². The number of Topliss-reactive ketones (excluding diaryl/α,β-unsaturated/α-hetero) is 1. The van der Waals surface area contributed by atoms with E-state index < -0.39 is 34.7 Å². The molecule has 11 nitrogen and oxygen atoms in total. The van der Waals surface area contributed by atoms with E-state index in [1.807, 2.05) is 32.0 Å². The minimum absolute atomic E-state index is 0.0663. The largest absolute Gasteiger partial charge is 0.445 e. The first-order valence-electron chi connectivity index (χ1n) is 11.4. The van der Waals surface area contributed by atoms with Crippen LogP contribution in [0.5, 0.6) is 0 Å². The highest BCUT2D eigenvalue weighted by molar-refractivity contribution is 6.00. The summed E-state index contributed by atoms with van der Waals surface area (Å²) < 4.78 is 5.02. The van der Waals surface area contributed by atoms with E-state index in [4.69, 9.17) is 4.74 Å². The number of hydrogen-bond donors (Lipinski definition) is 3. The zero-order valence-corrected chi connectivity index (χ0v) is 20.2. The molecule has 0 saturated carbocycles. The molecule has 0 aliphatic heterocycles. The molecule has 0 aromatic heterocycles. The molecule has 2 aromatic carbocycles. The maximum absolute atomic E-state index is 12.7. The fraction of sp³-hybridized carbons (Fsp3) is 0.360. The molecule has 192 valence electrons. The predicted octanol–water partition coefficient (Wildman–Crippen LogP) is 3.34. The first kappa shape index (κ1) is 28.0. The number of imide groups is 1. The maximum Gasteiger partial charge on any atom is 0.407 e. The van der Waals surface area contributed by atoms with Crippen molar-refractivity contribution in [2.75, 3.05) is 11.9 Å². The molecule has 36 heavy (non-hydrogen) atoms. The monoisotopic (exact) mass is 498 g/mol. The number of nitro benzene ring substituents is 1. The van der Waals surface area contributed by atoms with Crippen molar-refractivity contribution in [3.05, 3.63) is 70.3 Å². The summed E-state index contributed by atoms with van der Waals surface area (Å²) in [6.07, 6.45) is -0.732. The van der Waals surface area contributed by atoms with Crippen molar-refractivity contribution < 1.29 is 28.8 Å². The Morgan fingerprint density at radius 1 is 0.972 bits per heavy atom. The standard InChI is InChI=1S/C25H30N4O7/c1-17(2)14-22(27-19-8-10-20(11-9-19)29(34)35)24(32)28-23(31)13-12-21(30)15-26-25(33)36-16-18-6-4-3-5-7-18/h3-11,17,22,27H,12-16H2,1-2H3,(H,26,33)(H,28,31,32)/t22-/m0/s1. The Hall–Kier alpha value is -4.28. The third-order valence-corrected chi connectivity index (χ3v) is 4.98.